The molecule has 3 nitrogen and oxygen atoms in total. The van der Waals surface area contributed by atoms with E-state index in [-0.39, 0.29) is 11.2 Å². The van der Waals surface area contributed by atoms with Gasteiger partial charge in [0.05, 0.1) is 18.1 Å². The minimum atomic E-state index is -0.181. The molecule has 0 aromatic heterocycles. The predicted molar refractivity (Wildman–Crippen MR) is 72.4 cm³/mol. The Hall–Kier alpha value is -0.870. The van der Waals surface area contributed by atoms with Gasteiger partial charge in [0.25, 0.3) is 0 Å². The van der Waals surface area contributed by atoms with Gasteiger partial charge in [-0.2, -0.15) is 0 Å². The van der Waals surface area contributed by atoms with Gasteiger partial charge >= 0.3 is 5.97 Å². The van der Waals surface area contributed by atoms with Gasteiger partial charge < -0.3 is 10.5 Å². The van der Waals surface area contributed by atoms with E-state index in [0.717, 1.165) is 4.90 Å². The quantitative estimate of drug-likeness (QED) is 0.508. The van der Waals surface area contributed by atoms with E-state index in [2.05, 4.69) is 0 Å². The Morgan fingerprint density at radius 3 is 2.88 bits per heavy atom. The van der Waals surface area contributed by atoms with E-state index in [1.165, 1.54) is 0 Å². The molecule has 1 aromatic carbocycles. The molecule has 0 amide bonds. The van der Waals surface area contributed by atoms with Crippen molar-refractivity contribution in [2.75, 3.05) is 12.3 Å². The van der Waals surface area contributed by atoms with Crippen LogP contribution in [0.5, 0.6) is 0 Å². The second kappa shape index (κ2) is 6.77. The number of carbonyl (C=O) groups is 1. The molecule has 0 aliphatic heterocycles. The number of hydrogen-bond donors (Lipinski definition) is 1. The summed E-state index contributed by atoms with van der Waals surface area (Å²) in [6, 6.07) is 5.37. The molecule has 0 aliphatic rings. The minimum absolute atomic E-state index is 0.121. The maximum absolute atomic E-state index is 11.3. The van der Waals surface area contributed by atoms with E-state index in [1.807, 2.05) is 13.0 Å². The van der Waals surface area contributed by atoms with Crippen LogP contribution in [-0.2, 0) is 9.53 Å². The van der Waals surface area contributed by atoms with Crippen LogP contribution in [0.15, 0.2) is 23.1 Å². The molecule has 5 heteroatoms. The normalized spacial score (nSPS) is 12.2. The zero-order valence-electron chi connectivity index (χ0n) is 9.90. The Bertz CT molecular complexity index is 398. The van der Waals surface area contributed by atoms with Gasteiger partial charge in [-0.05, 0) is 25.1 Å². The standard InChI is InChI=1S/C12H16ClNO2S/c1-3-16-12(15)6-8(2)17-11-5-4-9(14)7-10(11)13/h4-5,7-8H,3,6,14H2,1-2H3. The maximum atomic E-state index is 11.3. The van der Waals surface area contributed by atoms with Gasteiger partial charge in [-0.3, -0.25) is 4.79 Å². The molecule has 1 aromatic rings. The van der Waals surface area contributed by atoms with Gasteiger partial charge in [0.2, 0.25) is 0 Å². The fraction of sp³-hybridized carbons (Fsp3) is 0.417. The van der Waals surface area contributed by atoms with Gasteiger partial charge in [-0.25, -0.2) is 0 Å². The number of nitrogen functional groups attached to an aromatic ring is 1. The summed E-state index contributed by atoms with van der Waals surface area (Å²) in [6.45, 7) is 4.18. The number of ether oxygens (including phenoxy) is 1. The van der Waals surface area contributed by atoms with Gasteiger partial charge in [-0.15, -0.1) is 11.8 Å². The van der Waals surface area contributed by atoms with Crippen molar-refractivity contribution in [3.05, 3.63) is 23.2 Å². The van der Waals surface area contributed by atoms with Crippen molar-refractivity contribution < 1.29 is 9.53 Å². The Labute approximate surface area is 111 Å². The third-order valence-electron chi connectivity index (χ3n) is 2.04. The number of esters is 1. The van der Waals surface area contributed by atoms with Crippen molar-refractivity contribution in [2.45, 2.75) is 30.4 Å². The molecule has 0 heterocycles. The Balaban J connectivity index is 2.55. The second-order valence-corrected chi connectivity index (χ2v) is 5.51. The molecular weight excluding hydrogens is 258 g/mol. The maximum Gasteiger partial charge on any atom is 0.306 e. The largest absolute Gasteiger partial charge is 0.466 e. The molecule has 1 rings (SSSR count). The summed E-state index contributed by atoms with van der Waals surface area (Å²) in [7, 11) is 0. The summed E-state index contributed by atoms with van der Waals surface area (Å²) >= 11 is 7.60. The lowest BCUT2D eigenvalue weighted by Gasteiger charge is -2.11. The molecule has 1 unspecified atom stereocenters. The lowest BCUT2D eigenvalue weighted by Crippen LogP contribution is -2.10. The third-order valence-corrected chi connectivity index (χ3v) is 3.65. The van der Waals surface area contributed by atoms with Gasteiger partial charge in [-0.1, -0.05) is 18.5 Å². The summed E-state index contributed by atoms with van der Waals surface area (Å²) in [6.07, 6.45) is 0.374. The van der Waals surface area contributed by atoms with Crippen molar-refractivity contribution in [1.82, 2.24) is 0 Å². The van der Waals surface area contributed by atoms with Gasteiger partial charge in [0.1, 0.15) is 0 Å². The van der Waals surface area contributed by atoms with Crippen LogP contribution in [0, 0.1) is 0 Å². The summed E-state index contributed by atoms with van der Waals surface area (Å²) in [5.41, 5.74) is 6.25. The van der Waals surface area contributed by atoms with Crippen molar-refractivity contribution in [1.29, 1.82) is 0 Å². The van der Waals surface area contributed by atoms with E-state index in [4.69, 9.17) is 22.1 Å². The van der Waals surface area contributed by atoms with Crippen molar-refractivity contribution in [3.8, 4) is 0 Å². The molecule has 0 radical (unpaired) electrons. The number of nitrogens with two attached hydrogens (primary N) is 1. The molecule has 0 fully saturated rings. The lowest BCUT2D eigenvalue weighted by atomic mass is 10.3. The predicted octanol–water partition coefficient (Wildman–Crippen LogP) is 3.36. The SMILES string of the molecule is CCOC(=O)CC(C)Sc1ccc(N)cc1Cl. The first-order valence-corrected chi connectivity index (χ1v) is 6.66. The van der Waals surface area contributed by atoms with Crippen LogP contribution in [0.25, 0.3) is 0 Å². The highest BCUT2D eigenvalue weighted by Gasteiger charge is 2.12. The Kier molecular flexibility index (Phi) is 5.65. The van der Waals surface area contributed by atoms with E-state index < -0.39 is 0 Å². The molecule has 0 bridgehead atoms. The molecule has 0 aliphatic carbocycles. The van der Waals surface area contributed by atoms with Crippen LogP contribution in [-0.4, -0.2) is 17.8 Å². The van der Waals surface area contributed by atoms with Crippen molar-refractivity contribution >= 4 is 35.0 Å². The van der Waals surface area contributed by atoms with Crippen LogP contribution in [0.1, 0.15) is 20.3 Å². The number of carbonyl (C=O) groups excluding carboxylic acids is 1. The first-order valence-electron chi connectivity index (χ1n) is 5.40. The Morgan fingerprint density at radius 1 is 1.59 bits per heavy atom. The smallest absolute Gasteiger partial charge is 0.306 e. The van der Waals surface area contributed by atoms with E-state index in [0.29, 0.717) is 23.7 Å². The second-order valence-electron chi connectivity index (χ2n) is 3.63. The first-order chi connectivity index (χ1) is 8.02. The molecule has 0 saturated carbocycles. The zero-order valence-corrected chi connectivity index (χ0v) is 11.5. The zero-order chi connectivity index (χ0) is 12.8. The summed E-state index contributed by atoms with van der Waals surface area (Å²) in [5, 5.41) is 0.737. The van der Waals surface area contributed by atoms with Gasteiger partial charge in [0, 0.05) is 15.8 Å². The Morgan fingerprint density at radius 2 is 2.29 bits per heavy atom. The number of benzene rings is 1. The molecule has 2 N–H and O–H groups in total. The van der Waals surface area contributed by atoms with Crippen LogP contribution >= 0.6 is 23.4 Å². The van der Waals surface area contributed by atoms with Crippen LogP contribution in [0.2, 0.25) is 5.02 Å². The highest BCUT2D eigenvalue weighted by Crippen LogP contribution is 2.32. The summed E-state index contributed by atoms with van der Waals surface area (Å²) in [5.74, 6) is -0.181. The lowest BCUT2D eigenvalue weighted by molar-refractivity contribution is -0.142. The van der Waals surface area contributed by atoms with E-state index >= 15 is 0 Å². The minimum Gasteiger partial charge on any atom is -0.466 e. The third kappa shape index (κ3) is 4.88. The number of anilines is 1. The number of hydrogen-bond acceptors (Lipinski definition) is 4. The average molecular weight is 274 g/mol. The van der Waals surface area contributed by atoms with Crippen LogP contribution in [0.4, 0.5) is 5.69 Å². The van der Waals surface area contributed by atoms with Crippen molar-refractivity contribution in [3.63, 3.8) is 0 Å². The van der Waals surface area contributed by atoms with E-state index in [1.54, 1.807) is 30.8 Å². The van der Waals surface area contributed by atoms with Crippen LogP contribution in [0.3, 0.4) is 0 Å². The van der Waals surface area contributed by atoms with Crippen molar-refractivity contribution in [2.24, 2.45) is 0 Å². The highest BCUT2D eigenvalue weighted by molar-refractivity contribution is 8.00. The number of halogens is 1. The monoisotopic (exact) mass is 273 g/mol. The summed E-state index contributed by atoms with van der Waals surface area (Å²) in [4.78, 5) is 12.2. The molecular formula is C12H16ClNO2S. The summed E-state index contributed by atoms with van der Waals surface area (Å²) < 4.78 is 4.89. The van der Waals surface area contributed by atoms with Crippen LogP contribution < -0.4 is 5.73 Å². The fourth-order valence-corrected chi connectivity index (χ4v) is 2.62. The van der Waals surface area contributed by atoms with E-state index in [9.17, 15) is 4.79 Å². The van der Waals surface area contributed by atoms with Gasteiger partial charge in [0.15, 0.2) is 0 Å². The molecule has 94 valence electrons. The molecule has 17 heavy (non-hydrogen) atoms. The average Bonchev–Trinajstić information content (AvgIpc) is 2.22. The molecule has 0 saturated heterocycles. The molecule has 1 atom stereocenters. The number of thioether (sulfide) groups is 1. The highest BCUT2D eigenvalue weighted by atomic mass is 35.5. The molecule has 0 spiro atoms. The number of rotatable bonds is 5. The topological polar surface area (TPSA) is 52.3 Å². The first kappa shape index (κ1) is 14.2. The fourth-order valence-electron chi connectivity index (χ4n) is 1.33.